The zero-order chi connectivity index (χ0) is 26.3. The van der Waals surface area contributed by atoms with Gasteiger partial charge in [-0.3, -0.25) is 0 Å². The van der Waals surface area contributed by atoms with Crippen LogP contribution in [0.5, 0.6) is 0 Å². The summed E-state index contributed by atoms with van der Waals surface area (Å²) in [6.45, 7) is 9.26. The summed E-state index contributed by atoms with van der Waals surface area (Å²) in [4.78, 5) is 13.2. The first-order valence-electron chi connectivity index (χ1n) is 12.6. The van der Waals surface area contributed by atoms with Crippen LogP contribution < -0.4 is 4.90 Å². The maximum atomic E-state index is 11.2. The molecule has 0 radical (unpaired) electrons. The van der Waals surface area contributed by atoms with Crippen molar-refractivity contribution >= 4 is 17.7 Å². The van der Waals surface area contributed by atoms with Crippen LogP contribution in [0.1, 0.15) is 79.3 Å². The summed E-state index contributed by atoms with van der Waals surface area (Å²) in [5.41, 5.74) is 8.18. The molecule has 0 heterocycles. The van der Waals surface area contributed by atoms with Gasteiger partial charge in [-0.15, -0.1) is 0 Å². The summed E-state index contributed by atoms with van der Waals surface area (Å²) in [6, 6.07) is 19.6. The van der Waals surface area contributed by atoms with E-state index in [9.17, 15) is 9.90 Å². The van der Waals surface area contributed by atoms with E-state index in [2.05, 4.69) is 69.0 Å². The molecule has 4 rings (SSSR count). The van der Waals surface area contributed by atoms with E-state index in [-0.39, 0.29) is 16.4 Å². The molecule has 36 heavy (non-hydrogen) atoms. The summed E-state index contributed by atoms with van der Waals surface area (Å²) in [5, 5.41) is 20.3. The van der Waals surface area contributed by atoms with Crippen LogP contribution in [-0.4, -0.2) is 30.3 Å². The Morgan fingerprint density at radius 3 is 2.11 bits per heavy atom. The molecule has 0 aromatic heterocycles. The molecule has 0 saturated heterocycles. The van der Waals surface area contributed by atoms with Gasteiger partial charge in [-0.2, -0.15) is 0 Å². The second kappa shape index (κ2) is 9.59. The van der Waals surface area contributed by atoms with Gasteiger partial charge in [0.1, 0.15) is 0 Å². The number of fused-ring (bicyclic) bond motifs is 1. The lowest BCUT2D eigenvalue weighted by molar-refractivity contribution is 0.0697. The summed E-state index contributed by atoms with van der Waals surface area (Å²) < 4.78 is 0. The van der Waals surface area contributed by atoms with Crippen LogP contribution in [0.3, 0.4) is 0 Å². The third-order valence-electron chi connectivity index (χ3n) is 7.61. The van der Waals surface area contributed by atoms with Gasteiger partial charge in [0.05, 0.1) is 11.7 Å². The molecule has 0 amide bonds. The van der Waals surface area contributed by atoms with Gasteiger partial charge in [0.25, 0.3) is 0 Å². The Hall–Kier alpha value is -3.37. The van der Waals surface area contributed by atoms with Crippen molar-refractivity contribution in [2.24, 2.45) is 0 Å². The van der Waals surface area contributed by atoms with Crippen molar-refractivity contribution in [3.8, 4) is 11.1 Å². The minimum absolute atomic E-state index is 0.00921. The molecular formula is C32H37NO3. The summed E-state index contributed by atoms with van der Waals surface area (Å²) in [7, 11) is 4.09. The predicted octanol–water partition coefficient (Wildman–Crippen LogP) is 7.21. The summed E-state index contributed by atoms with van der Waals surface area (Å²) >= 11 is 0. The van der Waals surface area contributed by atoms with Crippen LogP contribution in [-0.2, 0) is 10.8 Å². The van der Waals surface area contributed by atoms with E-state index in [0.717, 1.165) is 35.2 Å². The molecule has 1 aliphatic rings. The number of aliphatic hydroxyl groups excluding tert-OH is 1. The number of benzene rings is 3. The van der Waals surface area contributed by atoms with Gasteiger partial charge in [-0.1, -0.05) is 70.2 Å². The average Bonchev–Trinajstić information content (AvgIpc) is 2.85. The second-order valence-electron chi connectivity index (χ2n) is 11.4. The Labute approximate surface area is 214 Å². The van der Waals surface area contributed by atoms with Crippen molar-refractivity contribution in [1.82, 2.24) is 0 Å². The molecule has 3 aromatic rings. The molecule has 0 fully saturated rings. The van der Waals surface area contributed by atoms with Crippen LogP contribution in [0.2, 0.25) is 0 Å². The number of anilines is 1. The maximum absolute atomic E-state index is 11.2. The first-order chi connectivity index (χ1) is 16.9. The van der Waals surface area contributed by atoms with Crippen LogP contribution in [0.15, 0.2) is 66.7 Å². The van der Waals surface area contributed by atoms with Gasteiger partial charge >= 0.3 is 5.97 Å². The normalized spacial score (nSPS) is 17.0. The maximum Gasteiger partial charge on any atom is 0.335 e. The highest BCUT2D eigenvalue weighted by Gasteiger charge is 2.39. The van der Waals surface area contributed by atoms with E-state index in [0.29, 0.717) is 0 Å². The highest BCUT2D eigenvalue weighted by Crippen LogP contribution is 2.50. The number of rotatable bonds is 6. The van der Waals surface area contributed by atoms with E-state index in [1.165, 1.54) is 16.7 Å². The molecule has 3 aromatic carbocycles. The van der Waals surface area contributed by atoms with E-state index in [1.807, 2.05) is 20.2 Å². The van der Waals surface area contributed by atoms with Gasteiger partial charge in [-0.25, -0.2) is 4.79 Å². The quantitative estimate of drug-likeness (QED) is 0.389. The molecule has 2 N–H and O–H groups in total. The average molecular weight is 484 g/mol. The van der Waals surface area contributed by atoms with Gasteiger partial charge in [0.2, 0.25) is 0 Å². The molecular weight excluding hydrogens is 446 g/mol. The Balaban J connectivity index is 1.80. The van der Waals surface area contributed by atoms with E-state index in [4.69, 9.17) is 5.11 Å². The fraction of sp³-hybridized carbons (Fsp3) is 0.344. The molecule has 0 bridgehead atoms. The molecule has 188 valence electrons. The Morgan fingerprint density at radius 1 is 0.917 bits per heavy atom. The molecule has 0 aliphatic heterocycles. The lowest BCUT2D eigenvalue weighted by atomic mass is 9.61. The molecule has 0 spiro atoms. The number of nitrogens with zero attached hydrogens (tertiary/aromatic N) is 1. The molecule has 0 saturated carbocycles. The van der Waals surface area contributed by atoms with Crippen LogP contribution >= 0.6 is 0 Å². The summed E-state index contributed by atoms with van der Waals surface area (Å²) in [6.07, 6.45) is 5.05. The van der Waals surface area contributed by atoms with Gasteiger partial charge in [0.15, 0.2) is 0 Å². The first-order valence-corrected chi connectivity index (χ1v) is 12.6. The number of hydrogen-bond donors (Lipinski definition) is 2. The summed E-state index contributed by atoms with van der Waals surface area (Å²) in [5.74, 6) is -0.948. The van der Waals surface area contributed by atoms with Crippen molar-refractivity contribution in [2.75, 3.05) is 19.0 Å². The predicted molar refractivity (Wildman–Crippen MR) is 149 cm³/mol. The second-order valence-corrected chi connectivity index (χ2v) is 11.4. The zero-order valence-corrected chi connectivity index (χ0v) is 22.2. The SMILES string of the molecule is CN(C)c1ccc(-c2cc(C(O)/C=C\c3ccc(C(=O)O)cc3)cc3c2C(C)(C)CCC3(C)C)cc1. The number of aromatic carboxylic acids is 1. The number of carbonyl (C=O) groups is 1. The lowest BCUT2D eigenvalue weighted by Crippen LogP contribution is -2.34. The first kappa shape index (κ1) is 25.7. The topological polar surface area (TPSA) is 60.8 Å². The van der Waals surface area contributed by atoms with Crippen molar-refractivity contribution in [3.05, 3.63) is 94.6 Å². The zero-order valence-electron chi connectivity index (χ0n) is 22.2. The minimum atomic E-state index is -0.948. The number of hydrogen-bond acceptors (Lipinski definition) is 3. The fourth-order valence-corrected chi connectivity index (χ4v) is 5.20. The Morgan fingerprint density at radius 2 is 1.53 bits per heavy atom. The fourth-order valence-electron chi connectivity index (χ4n) is 5.20. The highest BCUT2D eigenvalue weighted by atomic mass is 16.4. The molecule has 4 heteroatoms. The van der Waals surface area contributed by atoms with Crippen molar-refractivity contribution in [2.45, 2.75) is 57.5 Å². The third-order valence-corrected chi connectivity index (χ3v) is 7.61. The molecule has 4 nitrogen and oxygen atoms in total. The van der Waals surface area contributed by atoms with E-state index < -0.39 is 12.1 Å². The lowest BCUT2D eigenvalue weighted by Gasteiger charge is -2.43. The number of aliphatic hydroxyl groups is 1. The van der Waals surface area contributed by atoms with E-state index in [1.54, 1.807) is 30.3 Å². The van der Waals surface area contributed by atoms with Gasteiger partial charge < -0.3 is 15.1 Å². The highest BCUT2D eigenvalue weighted by molar-refractivity contribution is 5.87. The van der Waals surface area contributed by atoms with Crippen molar-refractivity contribution < 1.29 is 15.0 Å². The number of carboxylic acid groups (broad SMARTS) is 1. The van der Waals surface area contributed by atoms with Crippen molar-refractivity contribution in [3.63, 3.8) is 0 Å². The Bertz CT molecular complexity index is 1280. The van der Waals surface area contributed by atoms with Crippen LogP contribution in [0.25, 0.3) is 17.2 Å². The smallest absolute Gasteiger partial charge is 0.335 e. The Kier molecular flexibility index (Phi) is 6.85. The van der Waals surface area contributed by atoms with E-state index >= 15 is 0 Å². The van der Waals surface area contributed by atoms with Crippen molar-refractivity contribution in [1.29, 1.82) is 0 Å². The molecule has 1 aliphatic carbocycles. The molecule has 1 unspecified atom stereocenters. The van der Waals surface area contributed by atoms with Crippen LogP contribution in [0, 0.1) is 0 Å². The van der Waals surface area contributed by atoms with Gasteiger partial charge in [-0.05, 0) is 87.4 Å². The minimum Gasteiger partial charge on any atom is -0.478 e. The van der Waals surface area contributed by atoms with Crippen LogP contribution in [0.4, 0.5) is 5.69 Å². The third kappa shape index (κ3) is 5.10. The largest absolute Gasteiger partial charge is 0.478 e. The number of carboxylic acids is 1. The monoisotopic (exact) mass is 483 g/mol. The molecule has 1 atom stereocenters. The van der Waals surface area contributed by atoms with Gasteiger partial charge in [0, 0.05) is 19.8 Å². The standard InChI is InChI=1S/C32H37NO3/c1-31(2)17-18-32(3,4)29-26(22-12-14-25(15-13-22)33(5)6)19-24(20-27(29)31)28(34)16-9-21-7-10-23(11-8-21)30(35)36/h7-16,19-20,28,34H,17-18H2,1-6H3,(H,35,36)/b16-9-.